The van der Waals surface area contributed by atoms with Crippen molar-refractivity contribution >= 4 is 27.9 Å². The first kappa shape index (κ1) is 26.2. The van der Waals surface area contributed by atoms with Crippen molar-refractivity contribution in [1.82, 2.24) is 10.2 Å². The van der Waals surface area contributed by atoms with Gasteiger partial charge in [-0.1, -0.05) is 30.3 Å². The van der Waals surface area contributed by atoms with Crippen LogP contribution in [0.5, 0.6) is 0 Å². The Morgan fingerprint density at radius 1 is 1.08 bits per heavy atom. The number of piperidine rings is 1. The number of likely N-dealkylation sites (tertiary alicyclic amines) is 1. The van der Waals surface area contributed by atoms with Crippen LogP contribution in [-0.4, -0.2) is 69.2 Å². The third-order valence-electron chi connectivity index (χ3n) is 7.40. The van der Waals surface area contributed by atoms with Crippen molar-refractivity contribution in [3.8, 4) is 11.1 Å². The zero-order valence-corrected chi connectivity index (χ0v) is 21.5. The van der Waals surface area contributed by atoms with Crippen molar-refractivity contribution in [2.75, 3.05) is 26.0 Å². The fourth-order valence-corrected chi connectivity index (χ4v) is 5.98. The minimum absolute atomic E-state index is 0.103. The maximum absolute atomic E-state index is 14.8. The maximum atomic E-state index is 14.8. The van der Waals surface area contributed by atoms with E-state index < -0.39 is 57.9 Å². The average Bonchev–Trinajstić information content (AvgIpc) is 3.40. The zero-order valence-electron chi connectivity index (χ0n) is 20.7. The van der Waals surface area contributed by atoms with Gasteiger partial charge in [-0.2, -0.15) is 17.2 Å². The van der Waals surface area contributed by atoms with Gasteiger partial charge in [0.25, 0.3) is 21.9 Å². The summed E-state index contributed by atoms with van der Waals surface area (Å²) in [6.45, 7) is 1.13. The minimum atomic E-state index is -3.71. The Morgan fingerprint density at radius 2 is 1.79 bits per heavy atom. The van der Waals surface area contributed by atoms with E-state index in [0.717, 1.165) is 6.26 Å². The van der Waals surface area contributed by atoms with E-state index in [0.29, 0.717) is 12.0 Å². The summed E-state index contributed by atoms with van der Waals surface area (Å²) in [6, 6.07) is 8.60. The van der Waals surface area contributed by atoms with E-state index in [4.69, 9.17) is 8.92 Å². The van der Waals surface area contributed by atoms with Gasteiger partial charge in [0, 0.05) is 28.1 Å². The van der Waals surface area contributed by atoms with Crippen LogP contribution in [0, 0.1) is 5.41 Å². The minimum Gasteiger partial charge on any atom is -0.464 e. The van der Waals surface area contributed by atoms with E-state index in [2.05, 4.69) is 5.32 Å². The Labute approximate surface area is 218 Å². The molecule has 2 amide bonds. The van der Waals surface area contributed by atoms with Crippen LogP contribution >= 0.6 is 0 Å². The number of alkyl halides is 2. The van der Waals surface area contributed by atoms with Crippen molar-refractivity contribution in [3.05, 3.63) is 59.2 Å². The highest BCUT2D eigenvalue weighted by Crippen LogP contribution is 2.60. The fourth-order valence-electron chi connectivity index (χ4n) is 5.53. The number of amides is 2. The van der Waals surface area contributed by atoms with Crippen LogP contribution in [0.25, 0.3) is 11.1 Å². The molecule has 9 nitrogen and oxygen atoms in total. The SMILES string of the molecule is CCOC(=O)[C@@H]1C[C@]2(COS(C)(=O)=O)C[C@@H]2N1C(=O)CNC(=O)c1ccc2c(c1)-c1ccccc1C2(F)F. The Bertz CT molecular complexity index is 1440. The predicted octanol–water partition coefficient (Wildman–Crippen LogP) is 2.44. The molecular formula is C26H26F2N2O7S. The molecule has 1 saturated carbocycles. The third kappa shape index (κ3) is 4.45. The summed E-state index contributed by atoms with van der Waals surface area (Å²) < 4.78 is 62.7. The summed E-state index contributed by atoms with van der Waals surface area (Å²) in [7, 11) is -3.71. The molecular weight excluding hydrogens is 522 g/mol. The van der Waals surface area contributed by atoms with Gasteiger partial charge in [-0.05, 0) is 43.0 Å². The second-order valence-electron chi connectivity index (χ2n) is 9.88. The van der Waals surface area contributed by atoms with Gasteiger partial charge >= 0.3 is 5.97 Å². The molecule has 1 N–H and O–H groups in total. The molecule has 1 heterocycles. The second-order valence-corrected chi connectivity index (χ2v) is 11.5. The van der Waals surface area contributed by atoms with Crippen molar-refractivity contribution in [3.63, 3.8) is 0 Å². The van der Waals surface area contributed by atoms with Crippen LogP contribution < -0.4 is 5.32 Å². The van der Waals surface area contributed by atoms with Crippen molar-refractivity contribution < 1.29 is 40.5 Å². The maximum Gasteiger partial charge on any atom is 0.328 e. The fraction of sp³-hybridized carbons (Fsp3) is 0.423. The van der Waals surface area contributed by atoms with E-state index in [1.807, 2.05) is 0 Å². The molecule has 2 aromatic rings. The van der Waals surface area contributed by atoms with Crippen LogP contribution in [0.4, 0.5) is 8.78 Å². The molecule has 0 spiro atoms. The molecule has 3 aliphatic rings. The van der Waals surface area contributed by atoms with Gasteiger partial charge in [0.1, 0.15) is 6.04 Å². The van der Waals surface area contributed by atoms with E-state index in [1.54, 1.807) is 19.1 Å². The lowest BCUT2D eigenvalue weighted by Crippen LogP contribution is -2.48. The molecule has 2 aliphatic carbocycles. The molecule has 1 aliphatic heterocycles. The number of hydrogen-bond acceptors (Lipinski definition) is 7. The highest BCUT2D eigenvalue weighted by Gasteiger charge is 2.68. The van der Waals surface area contributed by atoms with Gasteiger partial charge in [0.15, 0.2) is 0 Å². The Balaban J connectivity index is 1.30. The normalized spacial score (nSPS) is 24.3. The molecule has 2 fully saturated rings. The van der Waals surface area contributed by atoms with Crippen LogP contribution in [0.2, 0.25) is 0 Å². The first-order valence-electron chi connectivity index (χ1n) is 12.1. The Kier molecular flexibility index (Phi) is 6.30. The largest absolute Gasteiger partial charge is 0.464 e. The van der Waals surface area contributed by atoms with E-state index in [-0.39, 0.29) is 41.9 Å². The summed E-state index contributed by atoms with van der Waals surface area (Å²) >= 11 is 0. The monoisotopic (exact) mass is 548 g/mol. The number of nitrogens with zero attached hydrogens (tertiary/aromatic N) is 1. The molecule has 0 radical (unpaired) electrons. The lowest BCUT2D eigenvalue weighted by molar-refractivity contribution is -0.153. The van der Waals surface area contributed by atoms with Gasteiger partial charge < -0.3 is 15.0 Å². The summed E-state index contributed by atoms with van der Waals surface area (Å²) in [5, 5.41) is 2.51. The average molecular weight is 549 g/mol. The molecule has 12 heteroatoms. The number of carbonyl (C=O) groups excluding carboxylic acids is 3. The number of hydrogen-bond donors (Lipinski definition) is 1. The standard InChI is InChI=1S/C26H26F2N2O7S/c1-3-36-24(33)20-11-25(14-37-38(2,34)35)12-21(25)30(20)22(31)13-29-23(32)15-8-9-19-17(10-15)16-6-4-5-7-18(16)26(19,27)28/h4-10,20-21H,3,11-14H2,1-2H3,(H,29,32)/t20-,21-,25+/m0/s1. The number of fused-ring (bicyclic) bond motifs is 4. The molecule has 1 saturated heterocycles. The smallest absolute Gasteiger partial charge is 0.328 e. The summed E-state index contributed by atoms with van der Waals surface area (Å²) in [5.41, 5.74) is -0.306. The highest BCUT2D eigenvalue weighted by molar-refractivity contribution is 7.85. The van der Waals surface area contributed by atoms with Crippen LogP contribution in [0.1, 0.15) is 41.3 Å². The summed E-state index contributed by atoms with van der Waals surface area (Å²) in [6.07, 6.45) is 1.57. The molecule has 202 valence electrons. The van der Waals surface area contributed by atoms with Crippen LogP contribution in [0.3, 0.4) is 0 Å². The first-order chi connectivity index (χ1) is 17.9. The van der Waals surface area contributed by atoms with Crippen molar-refractivity contribution in [1.29, 1.82) is 0 Å². The molecule has 3 atom stereocenters. The number of ether oxygens (including phenoxy) is 1. The number of carbonyl (C=O) groups is 3. The molecule has 5 rings (SSSR count). The zero-order chi connectivity index (χ0) is 27.5. The number of rotatable bonds is 8. The Morgan fingerprint density at radius 3 is 2.50 bits per heavy atom. The van der Waals surface area contributed by atoms with E-state index >= 15 is 0 Å². The Hall–Kier alpha value is -3.38. The molecule has 0 bridgehead atoms. The second kappa shape index (κ2) is 9.12. The van der Waals surface area contributed by atoms with Crippen molar-refractivity contribution in [2.24, 2.45) is 5.41 Å². The van der Waals surface area contributed by atoms with Crippen LogP contribution in [0.15, 0.2) is 42.5 Å². The number of benzene rings is 2. The quantitative estimate of drug-likeness (QED) is 0.398. The topological polar surface area (TPSA) is 119 Å². The van der Waals surface area contributed by atoms with E-state index in [9.17, 15) is 31.6 Å². The third-order valence-corrected chi connectivity index (χ3v) is 7.95. The van der Waals surface area contributed by atoms with Crippen molar-refractivity contribution in [2.45, 2.75) is 37.8 Å². The van der Waals surface area contributed by atoms with E-state index in [1.165, 1.54) is 35.2 Å². The lowest BCUT2D eigenvalue weighted by atomic mass is 10.0. The molecule has 38 heavy (non-hydrogen) atoms. The van der Waals surface area contributed by atoms with Gasteiger partial charge in [0.05, 0.1) is 26.0 Å². The number of halogens is 2. The van der Waals surface area contributed by atoms with Gasteiger partial charge in [-0.3, -0.25) is 13.8 Å². The summed E-state index contributed by atoms with van der Waals surface area (Å²) in [5.74, 6) is -4.97. The lowest BCUT2D eigenvalue weighted by Gasteiger charge is -2.26. The van der Waals surface area contributed by atoms with Gasteiger partial charge in [-0.25, -0.2) is 4.79 Å². The first-order valence-corrected chi connectivity index (χ1v) is 13.9. The van der Waals surface area contributed by atoms with Gasteiger partial charge in [0.2, 0.25) is 5.91 Å². The number of esters is 1. The molecule has 0 unspecified atom stereocenters. The van der Waals surface area contributed by atoms with Gasteiger partial charge in [-0.15, -0.1) is 0 Å². The predicted molar refractivity (Wildman–Crippen MR) is 131 cm³/mol. The van der Waals surface area contributed by atoms with Crippen LogP contribution in [-0.2, 0) is 34.5 Å². The molecule has 2 aromatic carbocycles. The molecule has 0 aromatic heterocycles. The highest BCUT2D eigenvalue weighted by atomic mass is 32.2. The number of nitrogens with one attached hydrogen (secondary N) is 1. The summed E-state index contributed by atoms with van der Waals surface area (Å²) in [4.78, 5) is 39.9.